The molecular formula is C17H29FN2. The minimum absolute atomic E-state index is 0.151. The van der Waals surface area contributed by atoms with Gasteiger partial charge in [-0.25, -0.2) is 4.39 Å². The van der Waals surface area contributed by atoms with Gasteiger partial charge >= 0.3 is 0 Å². The van der Waals surface area contributed by atoms with Crippen LogP contribution >= 0.6 is 0 Å². The van der Waals surface area contributed by atoms with Gasteiger partial charge in [-0.05, 0) is 56.5 Å². The standard InChI is InChI=1S/C17H29FN2/c1-5-10-19-14(4)16-13-15(18)8-9-17(16)20(11-6-2)12-7-3/h8-9,13-14,19H,5-7,10-12H2,1-4H3. The van der Waals surface area contributed by atoms with Crippen LogP contribution in [-0.4, -0.2) is 19.6 Å². The highest BCUT2D eigenvalue weighted by atomic mass is 19.1. The first kappa shape index (κ1) is 17.0. The van der Waals surface area contributed by atoms with Crippen molar-refractivity contribution in [3.05, 3.63) is 29.6 Å². The smallest absolute Gasteiger partial charge is 0.123 e. The van der Waals surface area contributed by atoms with Gasteiger partial charge in [0.15, 0.2) is 0 Å². The number of hydrogen-bond donors (Lipinski definition) is 1. The van der Waals surface area contributed by atoms with Crippen LogP contribution in [0.15, 0.2) is 18.2 Å². The monoisotopic (exact) mass is 280 g/mol. The van der Waals surface area contributed by atoms with Crippen molar-refractivity contribution in [1.29, 1.82) is 0 Å². The molecule has 20 heavy (non-hydrogen) atoms. The highest BCUT2D eigenvalue weighted by Gasteiger charge is 2.15. The van der Waals surface area contributed by atoms with E-state index in [2.05, 4.69) is 37.9 Å². The average Bonchev–Trinajstić information content (AvgIpc) is 2.44. The summed E-state index contributed by atoms with van der Waals surface area (Å²) >= 11 is 0. The van der Waals surface area contributed by atoms with E-state index in [-0.39, 0.29) is 11.9 Å². The highest BCUT2D eigenvalue weighted by Crippen LogP contribution is 2.28. The molecule has 114 valence electrons. The first-order valence-electron chi connectivity index (χ1n) is 7.91. The van der Waals surface area contributed by atoms with E-state index in [0.29, 0.717) is 0 Å². The van der Waals surface area contributed by atoms with E-state index in [0.717, 1.165) is 44.5 Å². The molecule has 0 aromatic heterocycles. The number of hydrogen-bond acceptors (Lipinski definition) is 2. The van der Waals surface area contributed by atoms with Crippen molar-refractivity contribution in [1.82, 2.24) is 5.32 Å². The topological polar surface area (TPSA) is 15.3 Å². The first-order valence-corrected chi connectivity index (χ1v) is 7.91. The maximum Gasteiger partial charge on any atom is 0.123 e. The van der Waals surface area contributed by atoms with Gasteiger partial charge in [-0.2, -0.15) is 0 Å². The van der Waals surface area contributed by atoms with Crippen molar-refractivity contribution < 1.29 is 4.39 Å². The van der Waals surface area contributed by atoms with E-state index in [1.165, 1.54) is 5.69 Å². The van der Waals surface area contributed by atoms with Crippen LogP contribution in [0.5, 0.6) is 0 Å². The molecule has 1 aromatic rings. The minimum atomic E-state index is -0.151. The van der Waals surface area contributed by atoms with E-state index in [9.17, 15) is 4.39 Å². The fourth-order valence-corrected chi connectivity index (χ4v) is 2.52. The Kier molecular flexibility index (Phi) is 7.60. The van der Waals surface area contributed by atoms with E-state index in [4.69, 9.17) is 0 Å². The van der Waals surface area contributed by atoms with Crippen LogP contribution in [0.3, 0.4) is 0 Å². The van der Waals surface area contributed by atoms with Gasteiger partial charge < -0.3 is 10.2 Å². The zero-order chi connectivity index (χ0) is 15.0. The predicted octanol–water partition coefficient (Wildman–Crippen LogP) is 4.51. The second-order valence-corrected chi connectivity index (χ2v) is 5.37. The molecule has 0 aliphatic heterocycles. The summed E-state index contributed by atoms with van der Waals surface area (Å²) in [6.45, 7) is 11.6. The molecule has 3 heteroatoms. The van der Waals surface area contributed by atoms with Gasteiger partial charge in [0.2, 0.25) is 0 Å². The largest absolute Gasteiger partial charge is 0.371 e. The Bertz CT molecular complexity index is 387. The summed E-state index contributed by atoms with van der Waals surface area (Å²) < 4.78 is 13.6. The maximum atomic E-state index is 13.6. The average molecular weight is 280 g/mol. The van der Waals surface area contributed by atoms with Gasteiger partial charge in [0.25, 0.3) is 0 Å². The lowest BCUT2D eigenvalue weighted by atomic mass is 10.0. The normalized spacial score (nSPS) is 12.4. The molecule has 0 amide bonds. The Labute approximate surface area is 123 Å². The van der Waals surface area contributed by atoms with E-state index in [1.807, 2.05) is 6.07 Å². The molecule has 1 atom stereocenters. The molecule has 0 fully saturated rings. The summed E-state index contributed by atoms with van der Waals surface area (Å²) in [7, 11) is 0. The second-order valence-electron chi connectivity index (χ2n) is 5.37. The third-order valence-corrected chi connectivity index (χ3v) is 3.48. The lowest BCUT2D eigenvalue weighted by Gasteiger charge is -2.28. The van der Waals surface area contributed by atoms with Crippen molar-refractivity contribution in [3.63, 3.8) is 0 Å². The number of nitrogens with one attached hydrogen (secondary N) is 1. The zero-order valence-corrected chi connectivity index (χ0v) is 13.4. The second kappa shape index (κ2) is 8.96. The van der Waals surface area contributed by atoms with Crippen molar-refractivity contribution in [3.8, 4) is 0 Å². The predicted molar refractivity (Wildman–Crippen MR) is 85.9 cm³/mol. The van der Waals surface area contributed by atoms with Crippen LogP contribution in [0.25, 0.3) is 0 Å². The quantitative estimate of drug-likeness (QED) is 0.716. The molecule has 0 spiro atoms. The van der Waals surface area contributed by atoms with Crippen LogP contribution in [0, 0.1) is 5.82 Å². The third kappa shape index (κ3) is 4.78. The Morgan fingerprint density at radius 1 is 1.10 bits per heavy atom. The van der Waals surface area contributed by atoms with Crippen molar-refractivity contribution in [2.75, 3.05) is 24.5 Å². The van der Waals surface area contributed by atoms with Crippen molar-refractivity contribution in [2.24, 2.45) is 0 Å². The van der Waals surface area contributed by atoms with Gasteiger partial charge in [0.05, 0.1) is 0 Å². The minimum Gasteiger partial charge on any atom is -0.371 e. The summed E-state index contributed by atoms with van der Waals surface area (Å²) in [6.07, 6.45) is 3.30. The molecule has 0 aliphatic rings. The summed E-state index contributed by atoms with van der Waals surface area (Å²) in [5, 5.41) is 3.46. The molecule has 0 bridgehead atoms. The number of benzene rings is 1. The number of rotatable bonds is 9. The van der Waals surface area contributed by atoms with Crippen LogP contribution < -0.4 is 10.2 Å². The molecular weight excluding hydrogens is 251 g/mol. The van der Waals surface area contributed by atoms with Crippen LogP contribution in [0.2, 0.25) is 0 Å². The molecule has 1 N–H and O–H groups in total. The Balaban J connectivity index is 3.03. The molecule has 0 radical (unpaired) electrons. The van der Waals surface area contributed by atoms with Crippen LogP contribution in [0.4, 0.5) is 10.1 Å². The van der Waals surface area contributed by atoms with Crippen molar-refractivity contribution >= 4 is 5.69 Å². The SMILES string of the molecule is CCCNC(C)c1cc(F)ccc1N(CCC)CCC. The van der Waals surface area contributed by atoms with Crippen LogP contribution in [-0.2, 0) is 0 Å². The van der Waals surface area contributed by atoms with E-state index < -0.39 is 0 Å². The fourth-order valence-electron chi connectivity index (χ4n) is 2.52. The molecule has 0 heterocycles. The van der Waals surface area contributed by atoms with Gasteiger partial charge in [0.1, 0.15) is 5.82 Å². The molecule has 1 unspecified atom stereocenters. The fraction of sp³-hybridized carbons (Fsp3) is 0.647. The van der Waals surface area contributed by atoms with E-state index >= 15 is 0 Å². The molecule has 0 aliphatic carbocycles. The third-order valence-electron chi connectivity index (χ3n) is 3.48. The van der Waals surface area contributed by atoms with Gasteiger partial charge in [0, 0.05) is 24.8 Å². The van der Waals surface area contributed by atoms with Gasteiger partial charge in [-0.15, -0.1) is 0 Å². The molecule has 0 saturated carbocycles. The lowest BCUT2D eigenvalue weighted by Crippen LogP contribution is -2.28. The summed E-state index contributed by atoms with van der Waals surface area (Å²) in [4.78, 5) is 2.37. The Morgan fingerprint density at radius 3 is 2.30 bits per heavy atom. The maximum absolute atomic E-state index is 13.6. The van der Waals surface area contributed by atoms with Gasteiger partial charge in [-0.3, -0.25) is 0 Å². The van der Waals surface area contributed by atoms with Crippen LogP contribution in [0.1, 0.15) is 58.6 Å². The number of anilines is 1. The zero-order valence-electron chi connectivity index (χ0n) is 13.4. The Morgan fingerprint density at radius 2 is 1.75 bits per heavy atom. The van der Waals surface area contributed by atoms with Crippen molar-refractivity contribution in [2.45, 2.75) is 53.0 Å². The highest BCUT2D eigenvalue weighted by molar-refractivity contribution is 5.55. The van der Waals surface area contributed by atoms with Gasteiger partial charge in [-0.1, -0.05) is 20.8 Å². The Hall–Kier alpha value is -1.09. The molecule has 1 aromatic carbocycles. The molecule has 2 nitrogen and oxygen atoms in total. The number of halogens is 1. The number of nitrogens with zero attached hydrogens (tertiary/aromatic N) is 1. The lowest BCUT2D eigenvalue weighted by molar-refractivity contribution is 0.559. The first-order chi connectivity index (χ1) is 9.63. The summed E-state index contributed by atoms with van der Waals surface area (Å²) in [5.41, 5.74) is 2.24. The molecule has 1 rings (SSSR count). The molecule has 0 saturated heterocycles. The summed E-state index contributed by atoms with van der Waals surface area (Å²) in [5.74, 6) is -0.151. The van der Waals surface area contributed by atoms with E-state index in [1.54, 1.807) is 12.1 Å². The summed E-state index contributed by atoms with van der Waals surface area (Å²) in [6, 6.07) is 5.36.